The summed E-state index contributed by atoms with van der Waals surface area (Å²) in [4.78, 5) is 15.1. The summed E-state index contributed by atoms with van der Waals surface area (Å²) >= 11 is 3.28. The monoisotopic (exact) mass is 509 g/mol. The van der Waals surface area contributed by atoms with E-state index in [-0.39, 0.29) is 35.1 Å². The third-order valence-electron chi connectivity index (χ3n) is 6.26. The first-order valence-corrected chi connectivity index (χ1v) is 11.3. The zero-order valence-electron chi connectivity index (χ0n) is 18.1. The molecule has 0 spiro atoms. The van der Waals surface area contributed by atoms with Gasteiger partial charge in [-0.15, -0.1) is 0 Å². The Morgan fingerprint density at radius 3 is 2.67 bits per heavy atom. The van der Waals surface area contributed by atoms with E-state index in [1.807, 2.05) is 19.9 Å². The van der Waals surface area contributed by atoms with Crippen molar-refractivity contribution in [2.75, 3.05) is 11.7 Å². The maximum atomic E-state index is 15.1. The second-order valence-corrected chi connectivity index (χ2v) is 10.1. The van der Waals surface area contributed by atoms with Crippen LogP contribution in [0.5, 0.6) is 11.5 Å². The van der Waals surface area contributed by atoms with Gasteiger partial charge in [0, 0.05) is 22.2 Å². The van der Waals surface area contributed by atoms with Crippen molar-refractivity contribution in [2.24, 2.45) is 11.1 Å². The average molecular weight is 510 g/mol. The molecule has 1 aliphatic carbocycles. The van der Waals surface area contributed by atoms with E-state index in [1.54, 1.807) is 24.3 Å². The van der Waals surface area contributed by atoms with Gasteiger partial charge in [0.25, 0.3) is 0 Å². The lowest BCUT2D eigenvalue weighted by Gasteiger charge is -2.43. The van der Waals surface area contributed by atoms with Crippen LogP contribution in [0.4, 0.5) is 10.1 Å². The Balaban J connectivity index is 1.76. The highest BCUT2D eigenvalue weighted by Crippen LogP contribution is 2.51. The molecule has 0 radical (unpaired) electrons. The fraction of sp³-hybridized carbons (Fsp3) is 0.280. The van der Waals surface area contributed by atoms with Crippen molar-refractivity contribution in [3.8, 4) is 17.6 Å². The van der Waals surface area contributed by atoms with E-state index in [2.05, 4.69) is 22.0 Å². The number of benzene rings is 2. The molecule has 2 aromatic rings. The molecule has 0 fully saturated rings. The molecule has 0 amide bonds. The first-order chi connectivity index (χ1) is 15.7. The van der Waals surface area contributed by atoms with Gasteiger partial charge in [-0.25, -0.2) is 4.39 Å². The number of Topliss-reactive ketones (excluding diaryl/α,β-unsaturated/α-hetero) is 1. The van der Waals surface area contributed by atoms with E-state index in [1.165, 1.54) is 11.0 Å². The van der Waals surface area contributed by atoms with Crippen LogP contribution in [0.2, 0.25) is 0 Å². The average Bonchev–Trinajstić information content (AvgIpc) is 3.21. The Morgan fingerprint density at radius 2 is 1.94 bits per heavy atom. The molecular formula is C25H21BrFN3O3. The predicted molar refractivity (Wildman–Crippen MR) is 124 cm³/mol. The molecule has 0 saturated heterocycles. The Morgan fingerprint density at radius 1 is 1.18 bits per heavy atom. The van der Waals surface area contributed by atoms with Crippen LogP contribution in [0.25, 0.3) is 0 Å². The molecule has 5 rings (SSSR count). The number of nitrogens with zero attached hydrogens (tertiary/aromatic N) is 2. The molecule has 0 unspecified atom stereocenters. The number of allylic oxidation sites excluding steroid dienone is 3. The van der Waals surface area contributed by atoms with E-state index in [0.29, 0.717) is 45.6 Å². The number of carbonyl (C=O) groups is 1. The second kappa shape index (κ2) is 7.63. The highest BCUT2D eigenvalue weighted by molar-refractivity contribution is 9.10. The number of fused-ring (bicyclic) bond motifs is 1. The van der Waals surface area contributed by atoms with Crippen molar-refractivity contribution in [1.29, 1.82) is 5.26 Å². The second-order valence-electron chi connectivity index (χ2n) is 9.19. The van der Waals surface area contributed by atoms with Crippen LogP contribution in [0.15, 0.2) is 63.5 Å². The van der Waals surface area contributed by atoms with Crippen LogP contribution in [-0.2, 0) is 4.79 Å². The lowest BCUT2D eigenvalue weighted by atomic mass is 9.68. The van der Waals surface area contributed by atoms with Gasteiger partial charge in [0.05, 0.1) is 23.2 Å². The van der Waals surface area contributed by atoms with Crippen LogP contribution in [0.3, 0.4) is 0 Å². The topological polar surface area (TPSA) is 88.6 Å². The predicted octanol–water partition coefficient (Wildman–Crippen LogP) is 5.26. The van der Waals surface area contributed by atoms with Crippen LogP contribution in [0, 0.1) is 22.6 Å². The third-order valence-corrected chi connectivity index (χ3v) is 6.75. The van der Waals surface area contributed by atoms with Crippen LogP contribution < -0.4 is 20.1 Å². The molecule has 0 bridgehead atoms. The van der Waals surface area contributed by atoms with E-state index < -0.39 is 11.7 Å². The first-order valence-electron chi connectivity index (χ1n) is 10.5. The Bertz CT molecular complexity index is 1310. The fourth-order valence-corrected chi connectivity index (χ4v) is 5.21. The molecule has 33 heavy (non-hydrogen) atoms. The standard InChI is InChI=1S/C25H21BrFN3O3/c1-25(2)9-18-23(19(31)10-25)22(13-3-6-20-21(7-13)33-12-32-20)15(11-28)24(29)30(18)17-5-4-14(26)8-16(17)27/h3-8,22H,9-10,12,29H2,1-2H3/t22-/m0/s1. The largest absolute Gasteiger partial charge is 0.454 e. The maximum Gasteiger partial charge on any atom is 0.231 e. The molecular weight excluding hydrogens is 489 g/mol. The summed E-state index contributed by atoms with van der Waals surface area (Å²) in [5, 5.41) is 10.1. The molecule has 168 valence electrons. The van der Waals surface area contributed by atoms with Gasteiger partial charge in [-0.3, -0.25) is 9.69 Å². The summed E-state index contributed by atoms with van der Waals surface area (Å²) in [5.74, 6) is 0.0216. The van der Waals surface area contributed by atoms with E-state index in [0.717, 1.165) is 0 Å². The van der Waals surface area contributed by atoms with Gasteiger partial charge >= 0.3 is 0 Å². The van der Waals surface area contributed by atoms with Gasteiger partial charge in [0.2, 0.25) is 6.79 Å². The number of ether oxygens (including phenoxy) is 2. The number of carbonyl (C=O) groups excluding carboxylic acids is 1. The highest BCUT2D eigenvalue weighted by atomic mass is 79.9. The van der Waals surface area contributed by atoms with Crippen molar-refractivity contribution < 1.29 is 18.7 Å². The van der Waals surface area contributed by atoms with Crippen molar-refractivity contribution in [1.82, 2.24) is 0 Å². The minimum Gasteiger partial charge on any atom is -0.454 e. The van der Waals surface area contributed by atoms with Gasteiger partial charge < -0.3 is 15.2 Å². The number of nitrogens with two attached hydrogens (primary N) is 1. The van der Waals surface area contributed by atoms with Gasteiger partial charge in [0.1, 0.15) is 11.6 Å². The minimum absolute atomic E-state index is 0.0771. The van der Waals surface area contributed by atoms with Crippen molar-refractivity contribution in [2.45, 2.75) is 32.6 Å². The summed E-state index contributed by atoms with van der Waals surface area (Å²) in [6.07, 6.45) is 0.826. The number of hydrogen-bond donors (Lipinski definition) is 1. The summed E-state index contributed by atoms with van der Waals surface area (Å²) in [5.41, 5.74) is 8.41. The molecule has 2 aromatic carbocycles. The van der Waals surface area contributed by atoms with E-state index in [9.17, 15) is 10.1 Å². The Kier molecular flexibility index (Phi) is 4.98. The zero-order chi connectivity index (χ0) is 23.5. The summed E-state index contributed by atoms with van der Waals surface area (Å²) < 4.78 is 26.6. The fourth-order valence-electron chi connectivity index (χ4n) is 4.87. The van der Waals surface area contributed by atoms with Crippen molar-refractivity contribution >= 4 is 27.4 Å². The quantitative estimate of drug-likeness (QED) is 0.593. The molecule has 2 aliphatic heterocycles. The molecule has 1 atom stereocenters. The van der Waals surface area contributed by atoms with Crippen LogP contribution in [-0.4, -0.2) is 12.6 Å². The number of hydrogen-bond acceptors (Lipinski definition) is 6. The number of anilines is 1. The molecule has 3 aliphatic rings. The molecule has 0 aromatic heterocycles. The Hall–Kier alpha value is -3.31. The van der Waals surface area contributed by atoms with E-state index >= 15 is 4.39 Å². The van der Waals surface area contributed by atoms with Gasteiger partial charge in [0.15, 0.2) is 17.3 Å². The zero-order valence-corrected chi connectivity index (χ0v) is 19.7. The molecule has 2 heterocycles. The third kappa shape index (κ3) is 3.47. The Labute approximate surface area is 199 Å². The number of halogens is 2. The normalized spacial score (nSPS) is 21.2. The molecule has 8 heteroatoms. The summed E-state index contributed by atoms with van der Waals surface area (Å²) in [7, 11) is 0. The SMILES string of the molecule is CC1(C)CC(=O)C2=C(C1)N(c1ccc(Br)cc1F)C(N)=C(C#N)[C@@H]2c1ccc2c(c1)OCO2. The van der Waals surface area contributed by atoms with Gasteiger partial charge in [-0.2, -0.15) is 5.26 Å². The first kappa shape index (κ1) is 21.5. The van der Waals surface area contributed by atoms with Gasteiger partial charge in [-0.1, -0.05) is 35.8 Å². The van der Waals surface area contributed by atoms with E-state index in [4.69, 9.17) is 15.2 Å². The van der Waals surface area contributed by atoms with Crippen molar-refractivity contribution in [3.63, 3.8) is 0 Å². The minimum atomic E-state index is -0.669. The summed E-state index contributed by atoms with van der Waals surface area (Å²) in [6.45, 7) is 4.12. The summed E-state index contributed by atoms with van der Waals surface area (Å²) in [6, 6.07) is 12.2. The van der Waals surface area contributed by atoms with Crippen LogP contribution in [0.1, 0.15) is 38.2 Å². The lowest BCUT2D eigenvalue weighted by Crippen LogP contribution is -2.42. The number of ketones is 1. The smallest absolute Gasteiger partial charge is 0.231 e. The molecule has 6 nitrogen and oxygen atoms in total. The lowest BCUT2D eigenvalue weighted by molar-refractivity contribution is -0.118. The molecule has 0 saturated carbocycles. The highest BCUT2D eigenvalue weighted by Gasteiger charge is 2.45. The maximum absolute atomic E-state index is 15.1. The number of rotatable bonds is 2. The van der Waals surface area contributed by atoms with Crippen LogP contribution >= 0.6 is 15.9 Å². The molecule has 2 N–H and O–H groups in total. The number of nitriles is 1. The van der Waals surface area contributed by atoms with Crippen molar-refractivity contribution in [3.05, 3.63) is 74.9 Å². The van der Waals surface area contributed by atoms with Gasteiger partial charge in [-0.05, 0) is 47.7 Å².